The highest BCUT2D eigenvalue weighted by Crippen LogP contribution is 2.45. The molecule has 0 unspecified atom stereocenters. The van der Waals surface area contributed by atoms with Crippen LogP contribution in [-0.4, -0.2) is 45.5 Å². The lowest BCUT2D eigenvalue weighted by atomic mass is 9.89. The third-order valence-corrected chi connectivity index (χ3v) is 7.86. The van der Waals surface area contributed by atoms with Gasteiger partial charge in [0, 0.05) is 22.5 Å². The lowest BCUT2D eigenvalue weighted by molar-refractivity contribution is -0.122. The van der Waals surface area contributed by atoms with Gasteiger partial charge in [0.05, 0.1) is 9.49 Å². The number of rotatable bonds is 4. The van der Waals surface area contributed by atoms with Crippen molar-refractivity contribution < 1.29 is 19.0 Å². The first-order chi connectivity index (χ1) is 16.3. The van der Waals surface area contributed by atoms with Crippen LogP contribution in [0.1, 0.15) is 23.3 Å². The Hall–Kier alpha value is -2.48. The molecule has 3 heterocycles. The lowest BCUT2D eigenvalue weighted by Crippen LogP contribution is -2.41. The van der Waals surface area contributed by atoms with E-state index in [2.05, 4.69) is 10.3 Å². The zero-order chi connectivity index (χ0) is 24.0. The largest absolute Gasteiger partial charge is 0.387 e. The Morgan fingerprint density at radius 2 is 1.76 bits per heavy atom. The van der Waals surface area contributed by atoms with Gasteiger partial charge in [-0.15, -0.1) is 0 Å². The molecular weight excluding hydrogens is 576 g/mol. The summed E-state index contributed by atoms with van der Waals surface area (Å²) in [4.78, 5) is 41.1. The van der Waals surface area contributed by atoms with E-state index in [0.29, 0.717) is 0 Å². The summed E-state index contributed by atoms with van der Waals surface area (Å²) < 4.78 is 21.6. The Morgan fingerprint density at radius 3 is 2.41 bits per heavy atom. The van der Waals surface area contributed by atoms with Crippen molar-refractivity contribution in [3.05, 3.63) is 90.3 Å². The molecule has 0 spiro atoms. The smallest absolute Gasteiger partial charge is 0.330 e. The monoisotopic (exact) mass is 595 g/mol. The maximum atomic E-state index is 14.9. The Kier molecular flexibility index (Phi) is 6.35. The second-order valence-electron chi connectivity index (χ2n) is 8.00. The van der Waals surface area contributed by atoms with E-state index in [1.807, 2.05) is 48.5 Å². The van der Waals surface area contributed by atoms with Gasteiger partial charge in [-0.2, -0.15) is 0 Å². The number of amides is 1. The van der Waals surface area contributed by atoms with Crippen molar-refractivity contribution in [1.82, 2.24) is 14.9 Å². The van der Waals surface area contributed by atoms with Gasteiger partial charge in [0.25, 0.3) is 5.56 Å². The zero-order valence-corrected chi connectivity index (χ0v) is 20.5. The quantitative estimate of drug-likeness (QED) is 0.399. The minimum Gasteiger partial charge on any atom is -0.387 e. The fraction of sp³-hybridized carbons (Fsp3) is 0.261. The number of nitrogens with zero attached hydrogens (tertiary/aromatic N) is 1. The van der Waals surface area contributed by atoms with Gasteiger partial charge >= 0.3 is 5.69 Å². The number of benzene rings is 2. The molecule has 3 N–H and O–H groups in total. The van der Waals surface area contributed by atoms with Gasteiger partial charge in [0.1, 0.15) is 12.2 Å². The van der Waals surface area contributed by atoms with Crippen LogP contribution in [0.25, 0.3) is 0 Å². The molecule has 0 saturated carbocycles. The number of aromatic amines is 1. The van der Waals surface area contributed by atoms with Crippen LogP contribution in [-0.2, 0) is 9.53 Å². The summed E-state index contributed by atoms with van der Waals surface area (Å²) in [6, 6.07) is 15.3. The van der Waals surface area contributed by atoms with E-state index in [1.54, 1.807) is 34.4 Å². The third-order valence-electron chi connectivity index (χ3n) is 5.91. The maximum Gasteiger partial charge on any atom is 0.330 e. The number of aliphatic hydroxyl groups is 1. The molecule has 176 valence electrons. The van der Waals surface area contributed by atoms with Gasteiger partial charge in [0.2, 0.25) is 5.91 Å². The van der Waals surface area contributed by atoms with Crippen molar-refractivity contribution in [2.75, 3.05) is 6.54 Å². The molecule has 34 heavy (non-hydrogen) atoms. The zero-order valence-electron chi connectivity index (χ0n) is 17.5. The Balaban J connectivity index is 1.35. The van der Waals surface area contributed by atoms with Crippen molar-refractivity contribution >= 4 is 40.3 Å². The van der Waals surface area contributed by atoms with E-state index in [0.717, 1.165) is 25.5 Å². The molecule has 2 aromatic carbocycles. The van der Waals surface area contributed by atoms with Crippen LogP contribution in [0.2, 0.25) is 0 Å². The minimum atomic E-state index is -1.92. The number of H-pyrrole nitrogens is 1. The van der Waals surface area contributed by atoms with Crippen LogP contribution in [0, 0.1) is 3.57 Å². The van der Waals surface area contributed by atoms with E-state index in [9.17, 15) is 23.9 Å². The van der Waals surface area contributed by atoms with Crippen LogP contribution >= 0.6 is 34.4 Å². The summed E-state index contributed by atoms with van der Waals surface area (Å²) in [6.07, 6.45) is -4.82. The molecule has 1 aromatic heterocycles. The third kappa shape index (κ3) is 4.10. The van der Waals surface area contributed by atoms with Gasteiger partial charge in [-0.05, 0) is 45.9 Å². The molecule has 1 saturated heterocycles. The van der Waals surface area contributed by atoms with E-state index in [4.69, 9.17) is 4.74 Å². The number of halogens is 2. The first kappa shape index (κ1) is 23.3. The SMILES string of the molecule is O=C(NC[C@H]1O[C@@H](n2cc(I)c(=O)[nH]c2=O)[C@@H](F)[C@@H]1O)C1c2ccccc2Sc2ccccc21. The summed E-state index contributed by atoms with van der Waals surface area (Å²) in [6.45, 7) is -0.153. The van der Waals surface area contributed by atoms with Gasteiger partial charge in [-0.3, -0.25) is 19.1 Å². The van der Waals surface area contributed by atoms with Crippen molar-refractivity contribution in [3.63, 3.8) is 0 Å². The van der Waals surface area contributed by atoms with Crippen LogP contribution in [0.3, 0.4) is 0 Å². The second-order valence-corrected chi connectivity index (χ2v) is 10.2. The summed E-state index contributed by atoms with van der Waals surface area (Å²) >= 11 is 3.32. The highest BCUT2D eigenvalue weighted by atomic mass is 127. The second kappa shape index (κ2) is 9.29. The predicted molar refractivity (Wildman–Crippen MR) is 131 cm³/mol. The van der Waals surface area contributed by atoms with E-state index >= 15 is 0 Å². The number of fused-ring (bicyclic) bond motifs is 2. The van der Waals surface area contributed by atoms with Gasteiger partial charge in [-0.25, -0.2) is 9.18 Å². The van der Waals surface area contributed by atoms with Gasteiger partial charge in [-0.1, -0.05) is 48.2 Å². The molecule has 1 fully saturated rings. The molecule has 2 aliphatic heterocycles. The minimum absolute atomic E-state index is 0.153. The average Bonchev–Trinajstić information content (AvgIpc) is 3.11. The maximum absolute atomic E-state index is 14.9. The highest BCUT2D eigenvalue weighted by Gasteiger charge is 2.46. The number of alkyl halides is 1. The first-order valence-corrected chi connectivity index (χ1v) is 12.4. The van der Waals surface area contributed by atoms with E-state index < -0.39 is 41.8 Å². The standard InChI is InChI=1S/C23H19FIN3O5S/c24-18-19(29)14(33-22(18)28-10-13(25)20(30)27-23(28)32)9-26-21(31)17-11-5-1-3-7-15(11)34-16-8-4-2-6-12(16)17/h1-8,10,14,17-19,22,29H,9H2,(H,26,31)(H,27,30,32)/t14-,18+,19-,22-/m1/s1. The fourth-order valence-electron chi connectivity index (χ4n) is 4.24. The number of nitrogens with one attached hydrogen (secondary N) is 2. The van der Waals surface area contributed by atoms with Crippen molar-refractivity contribution in [2.24, 2.45) is 0 Å². The number of hydrogen-bond donors (Lipinski definition) is 3. The van der Waals surface area contributed by atoms with Gasteiger partial charge < -0.3 is 15.2 Å². The normalized spacial score (nSPS) is 23.9. The van der Waals surface area contributed by atoms with Crippen molar-refractivity contribution in [1.29, 1.82) is 0 Å². The Bertz CT molecular complexity index is 1330. The molecule has 1 amide bonds. The van der Waals surface area contributed by atoms with Crippen LogP contribution < -0.4 is 16.6 Å². The highest BCUT2D eigenvalue weighted by molar-refractivity contribution is 14.1. The molecule has 0 radical (unpaired) electrons. The number of carbonyl (C=O) groups excluding carboxylic acids is 1. The fourth-order valence-corrected chi connectivity index (χ4v) is 5.81. The topological polar surface area (TPSA) is 113 Å². The summed E-state index contributed by atoms with van der Waals surface area (Å²) in [5, 5.41) is 13.2. The van der Waals surface area contributed by atoms with Crippen LogP contribution in [0.15, 0.2) is 74.1 Å². The van der Waals surface area contributed by atoms with Crippen LogP contribution in [0.4, 0.5) is 4.39 Å². The number of ether oxygens (including phenoxy) is 1. The molecular formula is C23H19FIN3O5S. The van der Waals surface area contributed by atoms with Crippen molar-refractivity contribution in [3.8, 4) is 0 Å². The average molecular weight is 595 g/mol. The van der Waals surface area contributed by atoms with Gasteiger partial charge in [0.15, 0.2) is 12.4 Å². The summed E-state index contributed by atoms with van der Waals surface area (Å²) in [5.41, 5.74) is 0.299. The predicted octanol–water partition coefficient (Wildman–Crippen LogP) is 2.15. The number of hydrogen-bond acceptors (Lipinski definition) is 6. The number of aromatic nitrogens is 2. The van der Waals surface area contributed by atoms with Crippen molar-refractivity contribution in [2.45, 2.75) is 40.3 Å². The Labute approximate surface area is 210 Å². The van der Waals surface area contributed by atoms with Crippen LogP contribution in [0.5, 0.6) is 0 Å². The molecule has 0 aliphatic carbocycles. The lowest BCUT2D eigenvalue weighted by Gasteiger charge is -2.27. The van der Waals surface area contributed by atoms with E-state index in [1.165, 1.54) is 6.20 Å². The summed E-state index contributed by atoms with van der Waals surface area (Å²) in [5.74, 6) is -0.863. The molecule has 0 bridgehead atoms. The molecule has 5 rings (SSSR count). The number of carbonyl (C=O) groups is 1. The molecule has 8 nitrogen and oxygen atoms in total. The first-order valence-electron chi connectivity index (χ1n) is 10.5. The molecule has 3 aromatic rings. The summed E-state index contributed by atoms with van der Waals surface area (Å²) in [7, 11) is 0. The number of aliphatic hydroxyl groups excluding tert-OH is 1. The Morgan fingerprint density at radius 1 is 1.15 bits per heavy atom. The molecule has 11 heteroatoms. The van der Waals surface area contributed by atoms with E-state index in [-0.39, 0.29) is 16.0 Å². The molecule has 4 atom stereocenters. The molecule has 2 aliphatic rings.